The summed E-state index contributed by atoms with van der Waals surface area (Å²) in [6, 6.07) is 17.1. The Labute approximate surface area is 147 Å². The Balaban J connectivity index is 1.46. The van der Waals surface area contributed by atoms with E-state index < -0.39 is 0 Å². The van der Waals surface area contributed by atoms with Gasteiger partial charge in [-0.2, -0.15) is 0 Å². The number of thiocarbonyl (C=S) groups is 1. The maximum atomic E-state index is 5.46. The fraction of sp³-hybridized carbons (Fsp3) is 0.250. The molecule has 1 aromatic heterocycles. The standard InChI is InChI=1S/C20H21N3S/c1-13-7-10-18-17(11-13)16-9-8-15(12-19(16)23-18)22-20(24)21-14-5-3-2-4-6-14/h2-7,10-11,15,23H,8-9,12H2,1H3,(H2,21,22,24). The highest BCUT2D eigenvalue weighted by Gasteiger charge is 2.22. The molecule has 1 unspecified atom stereocenters. The molecule has 122 valence electrons. The molecule has 4 heteroatoms. The monoisotopic (exact) mass is 335 g/mol. The summed E-state index contributed by atoms with van der Waals surface area (Å²) in [6.45, 7) is 2.15. The van der Waals surface area contributed by atoms with E-state index in [0.717, 1.165) is 24.9 Å². The van der Waals surface area contributed by atoms with Gasteiger partial charge < -0.3 is 15.6 Å². The molecule has 1 aliphatic rings. The van der Waals surface area contributed by atoms with Gasteiger partial charge in [-0.3, -0.25) is 0 Å². The molecule has 0 spiro atoms. The maximum Gasteiger partial charge on any atom is 0.171 e. The van der Waals surface area contributed by atoms with Gasteiger partial charge in [0.2, 0.25) is 0 Å². The fourth-order valence-corrected chi connectivity index (χ4v) is 3.83. The number of aryl methyl sites for hydroxylation is 2. The van der Waals surface area contributed by atoms with Gasteiger partial charge in [-0.1, -0.05) is 29.8 Å². The van der Waals surface area contributed by atoms with E-state index in [1.807, 2.05) is 30.3 Å². The van der Waals surface area contributed by atoms with E-state index in [2.05, 4.69) is 40.7 Å². The van der Waals surface area contributed by atoms with Crippen molar-refractivity contribution in [3.8, 4) is 0 Å². The smallest absolute Gasteiger partial charge is 0.171 e. The van der Waals surface area contributed by atoms with E-state index in [4.69, 9.17) is 12.2 Å². The lowest BCUT2D eigenvalue weighted by molar-refractivity contribution is 0.527. The zero-order valence-electron chi connectivity index (χ0n) is 13.7. The average molecular weight is 335 g/mol. The van der Waals surface area contributed by atoms with Crippen molar-refractivity contribution in [3.05, 3.63) is 65.4 Å². The van der Waals surface area contributed by atoms with Gasteiger partial charge in [0, 0.05) is 34.7 Å². The molecule has 4 rings (SSSR count). The minimum Gasteiger partial charge on any atom is -0.359 e. The summed E-state index contributed by atoms with van der Waals surface area (Å²) in [5, 5.41) is 8.80. The molecule has 0 aliphatic heterocycles. The Morgan fingerprint density at radius 2 is 2.00 bits per heavy atom. The number of aromatic amines is 1. The zero-order chi connectivity index (χ0) is 16.5. The number of para-hydroxylation sites is 1. The predicted molar refractivity (Wildman–Crippen MR) is 105 cm³/mol. The zero-order valence-corrected chi connectivity index (χ0v) is 14.5. The largest absolute Gasteiger partial charge is 0.359 e. The van der Waals surface area contributed by atoms with Crippen LogP contribution in [0.15, 0.2) is 48.5 Å². The number of aromatic nitrogens is 1. The van der Waals surface area contributed by atoms with Gasteiger partial charge in [-0.05, 0) is 61.8 Å². The highest BCUT2D eigenvalue weighted by molar-refractivity contribution is 7.80. The molecular formula is C20H21N3S. The number of hydrogen-bond acceptors (Lipinski definition) is 1. The summed E-state index contributed by atoms with van der Waals surface area (Å²) in [5.74, 6) is 0. The van der Waals surface area contributed by atoms with Gasteiger partial charge in [0.15, 0.2) is 5.11 Å². The third kappa shape index (κ3) is 3.02. The first-order valence-corrected chi connectivity index (χ1v) is 8.82. The molecule has 3 aromatic rings. The Morgan fingerprint density at radius 3 is 2.83 bits per heavy atom. The summed E-state index contributed by atoms with van der Waals surface area (Å²) in [4.78, 5) is 3.59. The number of benzene rings is 2. The number of anilines is 1. The molecule has 1 heterocycles. The summed E-state index contributed by atoms with van der Waals surface area (Å²) in [7, 11) is 0. The Morgan fingerprint density at radius 1 is 1.17 bits per heavy atom. The number of hydrogen-bond donors (Lipinski definition) is 3. The van der Waals surface area contributed by atoms with Crippen molar-refractivity contribution in [2.24, 2.45) is 0 Å². The van der Waals surface area contributed by atoms with Crippen LogP contribution in [0.5, 0.6) is 0 Å². The molecule has 0 saturated heterocycles. The summed E-state index contributed by atoms with van der Waals surface area (Å²) in [6.07, 6.45) is 3.18. The third-order valence-electron chi connectivity index (χ3n) is 4.71. The van der Waals surface area contributed by atoms with Crippen LogP contribution in [0.4, 0.5) is 5.69 Å². The molecule has 0 fully saturated rings. The molecule has 1 aliphatic carbocycles. The summed E-state index contributed by atoms with van der Waals surface area (Å²) in [5.41, 5.74) is 6.41. The molecule has 0 bridgehead atoms. The predicted octanol–water partition coefficient (Wildman–Crippen LogP) is 4.32. The quantitative estimate of drug-likeness (QED) is 0.611. The second-order valence-corrected chi connectivity index (χ2v) is 6.94. The molecule has 3 N–H and O–H groups in total. The van der Waals surface area contributed by atoms with Crippen molar-refractivity contribution >= 4 is 33.9 Å². The number of nitrogens with one attached hydrogen (secondary N) is 3. The van der Waals surface area contributed by atoms with E-state index in [1.54, 1.807) is 0 Å². The van der Waals surface area contributed by atoms with E-state index in [1.165, 1.54) is 27.7 Å². The van der Waals surface area contributed by atoms with Crippen molar-refractivity contribution in [1.82, 2.24) is 10.3 Å². The number of fused-ring (bicyclic) bond motifs is 3. The lowest BCUT2D eigenvalue weighted by atomic mass is 9.91. The number of rotatable bonds is 2. The first kappa shape index (κ1) is 15.2. The average Bonchev–Trinajstić information content (AvgIpc) is 2.92. The van der Waals surface area contributed by atoms with Crippen LogP contribution in [0.25, 0.3) is 10.9 Å². The highest BCUT2D eigenvalue weighted by Crippen LogP contribution is 2.29. The molecule has 24 heavy (non-hydrogen) atoms. The van der Waals surface area contributed by atoms with Crippen LogP contribution in [0.2, 0.25) is 0 Å². The normalized spacial score (nSPS) is 16.6. The van der Waals surface area contributed by atoms with Crippen molar-refractivity contribution in [3.63, 3.8) is 0 Å². The second kappa shape index (κ2) is 6.29. The highest BCUT2D eigenvalue weighted by atomic mass is 32.1. The van der Waals surface area contributed by atoms with Gasteiger partial charge in [-0.15, -0.1) is 0 Å². The van der Waals surface area contributed by atoms with Gasteiger partial charge in [-0.25, -0.2) is 0 Å². The van der Waals surface area contributed by atoms with Gasteiger partial charge >= 0.3 is 0 Å². The Hall–Kier alpha value is -2.33. The van der Waals surface area contributed by atoms with E-state index in [-0.39, 0.29) is 0 Å². The molecular weight excluding hydrogens is 314 g/mol. The molecule has 2 aromatic carbocycles. The van der Waals surface area contributed by atoms with Crippen LogP contribution in [0.3, 0.4) is 0 Å². The summed E-state index contributed by atoms with van der Waals surface area (Å²) >= 11 is 5.46. The topological polar surface area (TPSA) is 39.9 Å². The van der Waals surface area contributed by atoms with Crippen LogP contribution in [-0.4, -0.2) is 16.1 Å². The van der Waals surface area contributed by atoms with Crippen molar-refractivity contribution in [1.29, 1.82) is 0 Å². The summed E-state index contributed by atoms with van der Waals surface area (Å²) < 4.78 is 0. The molecule has 1 atom stereocenters. The second-order valence-electron chi connectivity index (χ2n) is 6.54. The maximum absolute atomic E-state index is 5.46. The first-order valence-electron chi connectivity index (χ1n) is 8.42. The van der Waals surface area contributed by atoms with Crippen LogP contribution in [0.1, 0.15) is 23.2 Å². The lowest BCUT2D eigenvalue weighted by Crippen LogP contribution is -2.41. The molecule has 0 radical (unpaired) electrons. The first-order chi connectivity index (χ1) is 11.7. The van der Waals surface area contributed by atoms with Gasteiger partial charge in [0.25, 0.3) is 0 Å². The SMILES string of the molecule is Cc1ccc2[nH]c3c(c2c1)CCC(NC(=S)Nc1ccccc1)C3. The third-order valence-corrected chi connectivity index (χ3v) is 4.93. The lowest BCUT2D eigenvalue weighted by Gasteiger charge is -2.25. The number of H-pyrrole nitrogens is 1. The Bertz CT molecular complexity index is 883. The Kier molecular flexibility index (Phi) is 3.98. The van der Waals surface area contributed by atoms with Crippen LogP contribution < -0.4 is 10.6 Å². The molecule has 3 nitrogen and oxygen atoms in total. The van der Waals surface area contributed by atoms with Crippen LogP contribution >= 0.6 is 12.2 Å². The van der Waals surface area contributed by atoms with Crippen molar-refractivity contribution < 1.29 is 0 Å². The van der Waals surface area contributed by atoms with Gasteiger partial charge in [0.1, 0.15) is 0 Å². The van der Waals surface area contributed by atoms with E-state index >= 15 is 0 Å². The minimum atomic E-state index is 0.371. The van der Waals surface area contributed by atoms with Crippen LogP contribution in [-0.2, 0) is 12.8 Å². The van der Waals surface area contributed by atoms with Crippen molar-refractivity contribution in [2.45, 2.75) is 32.2 Å². The van der Waals surface area contributed by atoms with E-state index in [9.17, 15) is 0 Å². The molecule has 0 amide bonds. The van der Waals surface area contributed by atoms with E-state index in [0.29, 0.717) is 11.2 Å². The fourth-order valence-electron chi connectivity index (χ4n) is 3.54. The molecule has 0 saturated carbocycles. The van der Waals surface area contributed by atoms with Crippen molar-refractivity contribution in [2.75, 3.05) is 5.32 Å². The van der Waals surface area contributed by atoms with Crippen LogP contribution in [0, 0.1) is 6.92 Å². The minimum absolute atomic E-state index is 0.371. The van der Waals surface area contributed by atoms with Gasteiger partial charge in [0.05, 0.1) is 0 Å².